The summed E-state index contributed by atoms with van der Waals surface area (Å²) in [7, 11) is 0. The average Bonchev–Trinajstić information content (AvgIpc) is 2.19. The predicted molar refractivity (Wildman–Crippen MR) is 61.5 cm³/mol. The molecule has 98 valence electrons. The number of likely N-dealkylation sites (tertiary alicyclic amines) is 1. The fraction of sp³-hybridized carbons (Fsp3) is 0.833. The van der Waals surface area contributed by atoms with E-state index in [1.807, 2.05) is 0 Å². The van der Waals surface area contributed by atoms with Crippen molar-refractivity contribution in [2.75, 3.05) is 13.1 Å². The van der Waals surface area contributed by atoms with E-state index in [1.54, 1.807) is 27.7 Å². The van der Waals surface area contributed by atoms with Gasteiger partial charge in [-0.1, -0.05) is 0 Å². The minimum absolute atomic E-state index is 0.0792. The summed E-state index contributed by atoms with van der Waals surface area (Å²) in [5, 5.41) is 0. The van der Waals surface area contributed by atoms with Crippen molar-refractivity contribution < 1.29 is 18.7 Å². The van der Waals surface area contributed by atoms with Gasteiger partial charge in [0.2, 0.25) is 0 Å². The number of amides is 1. The first-order valence-electron chi connectivity index (χ1n) is 5.76. The van der Waals surface area contributed by atoms with Crippen molar-refractivity contribution >= 4 is 12.4 Å². The summed E-state index contributed by atoms with van der Waals surface area (Å²) in [5.41, 5.74) is -1.56. The number of alkyl halides is 1. The first kappa shape index (κ1) is 13.9. The highest BCUT2D eigenvalue weighted by molar-refractivity contribution is 5.69. The molecule has 0 radical (unpaired) electrons. The van der Waals surface area contributed by atoms with E-state index in [1.165, 1.54) is 4.90 Å². The number of carbonyl (C=O) groups excluding carboxylic acids is 2. The van der Waals surface area contributed by atoms with Gasteiger partial charge in [-0.25, -0.2) is 9.18 Å². The van der Waals surface area contributed by atoms with Gasteiger partial charge in [-0.15, -0.1) is 0 Å². The molecule has 0 bridgehead atoms. The molecule has 1 amide bonds. The third-order valence-electron chi connectivity index (χ3n) is 2.94. The van der Waals surface area contributed by atoms with Crippen molar-refractivity contribution in [2.24, 2.45) is 5.41 Å². The second-order valence-electron chi connectivity index (χ2n) is 5.77. The van der Waals surface area contributed by atoms with E-state index in [-0.39, 0.29) is 6.54 Å². The molecule has 1 rings (SSSR count). The Hall–Kier alpha value is -1.13. The zero-order chi connectivity index (χ0) is 13.3. The summed E-state index contributed by atoms with van der Waals surface area (Å²) in [6, 6.07) is 0. The molecule has 1 aliphatic rings. The summed E-state index contributed by atoms with van der Waals surface area (Å²) >= 11 is 0. The molecule has 0 aromatic carbocycles. The van der Waals surface area contributed by atoms with Crippen LogP contribution in [0.2, 0.25) is 0 Å². The lowest BCUT2D eigenvalue weighted by molar-refractivity contribution is -0.122. The molecule has 1 heterocycles. The van der Waals surface area contributed by atoms with Gasteiger partial charge in [0.05, 0.1) is 12.0 Å². The molecule has 2 unspecified atom stereocenters. The first-order valence-corrected chi connectivity index (χ1v) is 5.76. The molecule has 0 N–H and O–H groups in total. The largest absolute Gasteiger partial charge is 0.444 e. The zero-order valence-corrected chi connectivity index (χ0v) is 10.8. The van der Waals surface area contributed by atoms with E-state index in [4.69, 9.17) is 4.74 Å². The lowest BCUT2D eigenvalue weighted by Gasteiger charge is -2.38. The Morgan fingerprint density at radius 1 is 1.53 bits per heavy atom. The second-order valence-corrected chi connectivity index (χ2v) is 5.77. The van der Waals surface area contributed by atoms with Gasteiger partial charge >= 0.3 is 6.09 Å². The Morgan fingerprint density at radius 3 is 2.53 bits per heavy atom. The maximum absolute atomic E-state index is 13.8. The number of hydrogen-bond acceptors (Lipinski definition) is 3. The summed E-state index contributed by atoms with van der Waals surface area (Å²) in [6.07, 6.45) is -0.879. The topological polar surface area (TPSA) is 46.6 Å². The van der Waals surface area contributed by atoms with Crippen molar-refractivity contribution in [3.63, 3.8) is 0 Å². The van der Waals surface area contributed by atoms with Crippen LogP contribution in [0.25, 0.3) is 0 Å². The second kappa shape index (κ2) is 4.63. The number of halogens is 1. The van der Waals surface area contributed by atoms with E-state index in [0.717, 1.165) is 0 Å². The van der Waals surface area contributed by atoms with Gasteiger partial charge in [0.15, 0.2) is 0 Å². The Bertz CT molecular complexity index is 313. The first-order chi connectivity index (χ1) is 7.68. The molecule has 0 aliphatic carbocycles. The molecule has 4 nitrogen and oxygen atoms in total. The lowest BCUT2D eigenvalue weighted by atomic mass is 9.80. The maximum Gasteiger partial charge on any atom is 0.410 e. The Labute approximate surface area is 101 Å². The van der Waals surface area contributed by atoms with Crippen molar-refractivity contribution in [1.29, 1.82) is 0 Å². The lowest BCUT2D eigenvalue weighted by Crippen LogP contribution is -2.51. The highest BCUT2D eigenvalue weighted by atomic mass is 19.1. The van der Waals surface area contributed by atoms with Crippen LogP contribution in [-0.4, -0.2) is 42.1 Å². The molecule has 1 saturated heterocycles. The van der Waals surface area contributed by atoms with Gasteiger partial charge in [-0.3, -0.25) is 0 Å². The van der Waals surface area contributed by atoms with Crippen LogP contribution in [0.5, 0.6) is 0 Å². The van der Waals surface area contributed by atoms with Crippen LogP contribution in [0, 0.1) is 5.41 Å². The van der Waals surface area contributed by atoms with Gasteiger partial charge in [0.1, 0.15) is 18.1 Å². The van der Waals surface area contributed by atoms with Gasteiger partial charge < -0.3 is 14.4 Å². The molecule has 0 aromatic rings. The monoisotopic (exact) mass is 245 g/mol. The maximum atomic E-state index is 13.8. The van der Waals surface area contributed by atoms with E-state index < -0.39 is 23.3 Å². The van der Waals surface area contributed by atoms with Crippen molar-refractivity contribution in [2.45, 2.75) is 45.9 Å². The SMILES string of the molecule is CC(C)(C)OC(=O)N1CCC(C)(C=O)C(F)C1. The highest BCUT2D eigenvalue weighted by Crippen LogP contribution is 2.31. The third kappa shape index (κ3) is 3.41. The minimum Gasteiger partial charge on any atom is -0.444 e. The molecule has 0 aromatic heterocycles. The van der Waals surface area contributed by atoms with Crippen LogP contribution in [0.4, 0.5) is 9.18 Å². The van der Waals surface area contributed by atoms with Crippen molar-refractivity contribution in [3.8, 4) is 0 Å². The van der Waals surface area contributed by atoms with Crippen LogP contribution >= 0.6 is 0 Å². The quantitative estimate of drug-likeness (QED) is 0.665. The predicted octanol–water partition coefficient (Wildman–Crippen LogP) is 2.17. The van der Waals surface area contributed by atoms with Gasteiger partial charge in [-0.2, -0.15) is 0 Å². The van der Waals surface area contributed by atoms with Crippen LogP contribution in [0.3, 0.4) is 0 Å². The Balaban J connectivity index is 2.61. The number of hydrogen-bond donors (Lipinski definition) is 0. The van der Waals surface area contributed by atoms with E-state index >= 15 is 0 Å². The summed E-state index contributed by atoms with van der Waals surface area (Å²) in [6.45, 7) is 7.14. The van der Waals surface area contributed by atoms with E-state index in [9.17, 15) is 14.0 Å². The molecular formula is C12H20FNO3. The molecule has 17 heavy (non-hydrogen) atoms. The Morgan fingerprint density at radius 2 is 2.12 bits per heavy atom. The number of ether oxygens (including phenoxy) is 1. The third-order valence-corrected chi connectivity index (χ3v) is 2.94. The molecule has 1 aliphatic heterocycles. The van der Waals surface area contributed by atoms with Gasteiger partial charge in [-0.05, 0) is 34.1 Å². The zero-order valence-electron chi connectivity index (χ0n) is 10.8. The minimum atomic E-state index is -1.33. The highest BCUT2D eigenvalue weighted by Gasteiger charge is 2.41. The van der Waals surface area contributed by atoms with Crippen molar-refractivity contribution in [1.82, 2.24) is 4.90 Å². The van der Waals surface area contributed by atoms with E-state index in [2.05, 4.69) is 0 Å². The molecule has 0 saturated carbocycles. The number of aldehydes is 1. The van der Waals surface area contributed by atoms with Gasteiger partial charge in [0.25, 0.3) is 0 Å². The number of carbonyl (C=O) groups is 2. The molecule has 5 heteroatoms. The fourth-order valence-electron chi connectivity index (χ4n) is 1.65. The summed E-state index contributed by atoms with van der Waals surface area (Å²) in [5.74, 6) is 0. The summed E-state index contributed by atoms with van der Waals surface area (Å²) in [4.78, 5) is 23.9. The van der Waals surface area contributed by atoms with Gasteiger partial charge in [0, 0.05) is 6.54 Å². The van der Waals surface area contributed by atoms with E-state index in [0.29, 0.717) is 19.3 Å². The number of piperidine rings is 1. The summed E-state index contributed by atoms with van der Waals surface area (Å²) < 4.78 is 19.0. The van der Waals surface area contributed by atoms with Crippen LogP contribution < -0.4 is 0 Å². The van der Waals surface area contributed by atoms with Crippen molar-refractivity contribution in [3.05, 3.63) is 0 Å². The van der Waals surface area contributed by atoms with Crippen LogP contribution in [0.1, 0.15) is 34.1 Å². The number of rotatable bonds is 1. The molecule has 1 fully saturated rings. The normalized spacial score (nSPS) is 29.9. The van der Waals surface area contributed by atoms with Crippen LogP contribution in [0.15, 0.2) is 0 Å². The number of nitrogens with zero attached hydrogens (tertiary/aromatic N) is 1. The smallest absolute Gasteiger partial charge is 0.410 e. The molecular weight excluding hydrogens is 225 g/mol. The molecule has 2 atom stereocenters. The standard InChI is InChI=1S/C12H20FNO3/c1-11(2,3)17-10(16)14-6-5-12(4,8-15)9(13)7-14/h8-9H,5-7H2,1-4H3. The van der Waals surface area contributed by atoms with Crippen LogP contribution in [-0.2, 0) is 9.53 Å². The molecule has 0 spiro atoms. The Kier molecular flexibility index (Phi) is 3.79. The average molecular weight is 245 g/mol. The fourth-order valence-corrected chi connectivity index (χ4v) is 1.65.